The Kier molecular flexibility index (Phi) is 2.44. The maximum Gasteiger partial charge on any atom is 0.142 e. The van der Waals surface area contributed by atoms with Crippen LogP contribution in [0.4, 0.5) is 0 Å². The lowest BCUT2D eigenvalue weighted by Crippen LogP contribution is -1.77. The Morgan fingerprint density at radius 3 is 2.91 bits per heavy atom. The quantitative estimate of drug-likeness (QED) is 0.367. The van der Waals surface area contributed by atoms with Gasteiger partial charge in [-0.15, -0.1) is 0 Å². The summed E-state index contributed by atoms with van der Waals surface area (Å²) in [4.78, 5) is 9.94. The fraction of sp³-hybridized carbons (Fsp3) is 0. The molecule has 56 valence electrons. The second-order valence-electron chi connectivity index (χ2n) is 2.06. The fourth-order valence-electron chi connectivity index (χ4n) is 0.860. The number of carbonyl (C=O) groups is 1. The maximum atomic E-state index is 9.94. The van der Waals surface area contributed by atoms with Crippen LogP contribution in [0.2, 0.25) is 0 Å². The Hall–Kier alpha value is -1.57. The molecule has 0 fully saturated rings. The number of hydrogen-bond donors (Lipinski definition) is 1. The summed E-state index contributed by atoms with van der Waals surface area (Å²) in [6.07, 6.45) is 10.2. The first-order valence-electron chi connectivity index (χ1n) is 3.23. The lowest BCUT2D eigenvalue weighted by molar-refractivity contribution is -0.104. The van der Waals surface area contributed by atoms with Gasteiger partial charge in [0.2, 0.25) is 0 Å². The largest absolute Gasteiger partial charge is 0.515 e. The monoisotopic (exact) mass is 148 g/mol. The van der Waals surface area contributed by atoms with Crippen molar-refractivity contribution in [2.45, 2.75) is 0 Å². The van der Waals surface area contributed by atoms with E-state index in [9.17, 15) is 4.79 Å². The molecule has 1 aliphatic carbocycles. The molecule has 0 aromatic heterocycles. The minimum absolute atomic E-state index is 0.703. The van der Waals surface area contributed by atoms with Crippen LogP contribution < -0.4 is 0 Å². The Labute approximate surface area is 64.9 Å². The van der Waals surface area contributed by atoms with Gasteiger partial charge in [0, 0.05) is 5.57 Å². The van der Waals surface area contributed by atoms with Crippen LogP contribution in [0.25, 0.3) is 0 Å². The van der Waals surface area contributed by atoms with Gasteiger partial charge in [-0.2, -0.15) is 0 Å². The molecule has 0 unspecified atom stereocenters. The van der Waals surface area contributed by atoms with Gasteiger partial charge < -0.3 is 5.11 Å². The standard InChI is InChI=1S/C9H8O2/c10-6-2-5-8-3-1-4-9(8)7-11/h1-7,11H/b5-2+,9-7-. The first-order chi connectivity index (χ1) is 5.38. The summed E-state index contributed by atoms with van der Waals surface area (Å²) in [5.41, 5.74) is 1.57. The van der Waals surface area contributed by atoms with Crippen LogP contribution in [0.5, 0.6) is 0 Å². The highest BCUT2D eigenvalue weighted by molar-refractivity contribution is 5.68. The molecule has 1 N–H and O–H groups in total. The summed E-state index contributed by atoms with van der Waals surface area (Å²) in [5.74, 6) is 0. The molecule has 2 heteroatoms. The van der Waals surface area contributed by atoms with E-state index < -0.39 is 0 Å². The van der Waals surface area contributed by atoms with E-state index in [4.69, 9.17) is 5.11 Å². The average molecular weight is 148 g/mol. The van der Waals surface area contributed by atoms with E-state index in [1.165, 1.54) is 6.08 Å². The molecule has 0 aromatic carbocycles. The number of aliphatic hydroxyl groups excluding tert-OH is 1. The van der Waals surface area contributed by atoms with Crippen molar-refractivity contribution < 1.29 is 9.90 Å². The number of aldehydes is 1. The zero-order valence-electron chi connectivity index (χ0n) is 5.90. The van der Waals surface area contributed by atoms with Crippen molar-refractivity contribution in [1.82, 2.24) is 0 Å². The van der Waals surface area contributed by atoms with Crippen LogP contribution in [-0.2, 0) is 4.79 Å². The Morgan fingerprint density at radius 1 is 1.45 bits per heavy atom. The second kappa shape index (κ2) is 3.56. The molecule has 0 aromatic rings. The van der Waals surface area contributed by atoms with Crippen molar-refractivity contribution in [2.75, 3.05) is 0 Å². The molecule has 0 amide bonds. The van der Waals surface area contributed by atoms with Gasteiger partial charge in [-0.3, -0.25) is 4.79 Å². The van der Waals surface area contributed by atoms with Crippen molar-refractivity contribution >= 4 is 6.29 Å². The van der Waals surface area contributed by atoms with Crippen LogP contribution >= 0.6 is 0 Å². The first-order valence-corrected chi connectivity index (χ1v) is 3.23. The molecule has 11 heavy (non-hydrogen) atoms. The summed E-state index contributed by atoms with van der Waals surface area (Å²) in [5, 5.41) is 8.66. The molecular weight excluding hydrogens is 140 g/mol. The Morgan fingerprint density at radius 2 is 2.27 bits per heavy atom. The number of aliphatic hydroxyl groups is 1. The average Bonchev–Trinajstić information content (AvgIpc) is 2.47. The van der Waals surface area contributed by atoms with Gasteiger partial charge in [-0.1, -0.05) is 24.3 Å². The third kappa shape index (κ3) is 1.67. The molecule has 0 radical (unpaired) electrons. The minimum atomic E-state index is 0.703. The summed E-state index contributed by atoms with van der Waals surface area (Å²) < 4.78 is 0. The maximum absolute atomic E-state index is 9.94. The molecule has 1 rings (SSSR count). The molecular formula is C9H8O2. The molecule has 2 nitrogen and oxygen atoms in total. The van der Waals surface area contributed by atoms with Crippen LogP contribution in [0, 0.1) is 0 Å². The van der Waals surface area contributed by atoms with Gasteiger partial charge in [0.15, 0.2) is 0 Å². The topological polar surface area (TPSA) is 37.3 Å². The van der Waals surface area contributed by atoms with Crippen LogP contribution in [-0.4, -0.2) is 11.4 Å². The number of carbonyl (C=O) groups excluding carboxylic acids is 1. The SMILES string of the molecule is O=C/C=C/C1=CC=C/C1=C/O. The smallest absolute Gasteiger partial charge is 0.142 e. The van der Waals surface area contributed by atoms with E-state index >= 15 is 0 Å². The van der Waals surface area contributed by atoms with Crippen LogP contribution in [0.3, 0.4) is 0 Å². The third-order valence-electron chi connectivity index (χ3n) is 1.38. The molecule has 0 saturated carbocycles. The summed E-state index contributed by atoms with van der Waals surface area (Å²) in [7, 11) is 0. The zero-order chi connectivity index (χ0) is 8.10. The van der Waals surface area contributed by atoms with E-state index in [1.54, 1.807) is 12.2 Å². The molecule has 0 heterocycles. The van der Waals surface area contributed by atoms with E-state index in [1.807, 2.05) is 12.2 Å². The molecule has 0 atom stereocenters. The normalized spacial score (nSPS) is 19.6. The molecule has 0 bridgehead atoms. The summed E-state index contributed by atoms with van der Waals surface area (Å²) in [6.45, 7) is 0. The molecule has 1 aliphatic rings. The van der Waals surface area contributed by atoms with E-state index in [0.717, 1.165) is 17.4 Å². The first kappa shape index (κ1) is 7.54. The van der Waals surface area contributed by atoms with Crippen LogP contribution in [0.15, 0.2) is 47.8 Å². The van der Waals surface area contributed by atoms with Gasteiger partial charge in [-0.25, -0.2) is 0 Å². The van der Waals surface area contributed by atoms with E-state index in [-0.39, 0.29) is 0 Å². The predicted molar refractivity (Wildman–Crippen MR) is 43.1 cm³/mol. The van der Waals surface area contributed by atoms with Crippen molar-refractivity contribution in [3.63, 3.8) is 0 Å². The highest BCUT2D eigenvalue weighted by atomic mass is 16.2. The molecule has 0 saturated heterocycles. The highest BCUT2D eigenvalue weighted by Crippen LogP contribution is 2.18. The number of hydrogen-bond acceptors (Lipinski definition) is 2. The second-order valence-corrected chi connectivity index (χ2v) is 2.06. The van der Waals surface area contributed by atoms with Gasteiger partial charge in [0.1, 0.15) is 6.29 Å². The Balaban J connectivity index is 2.76. The number of allylic oxidation sites excluding steroid dienone is 7. The van der Waals surface area contributed by atoms with E-state index in [2.05, 4.69) is 0 Å². The van der Waals surface area contributed by atoms with Crippen molar-refractivity contribution in [1.29, 1.82) is 0 Å². The predicted octanol–water partition coefficient (Wildman–Crippen LogP) is 1.68. The van der Waals surface area contributed by atoms with Gasteiger partial charge in [-0.05, 0) is 11.6 Å². The van der Waals surface area contributed by atoms with Crippen molar-refractivity contribution in [3.8, 4) is 0 Å². The summed E-state index contributed by atoms with van der Waals surface area (Å²) >= 11 is 0. The fourth-order valence-corrected chi connectivity index (χ4v) is 0.860. The van der Waals surface area contributed by atoms with Crippen LogP contribution in [0.1, 0.15) is 0 Å². The molecule has 0 spiro atoms. The lowest BCUT2D eigenvalue weighted by atomic mass is 10.1. The van der Waals surface area contributed by atoms with Gasteiger partial charge in [0.25, 0.3) is 0 Å². The highest BCUT2D eigenvalue weighted by Gasteiger charge is 2.01. The van der Waals surface area contributed by atoms with E-state index in [0.29, 0.717) is 6.29 Å². The number of rotatable bonds is 2. The lowest BCUT2D eigenvalue weighted by Gasteiger charge is -1.92. The van der Waals surface area contributed by atoms with Crippen molar-refractivity contribution in [2.24, 2.45) is 0 Å². The molecule has 0 aliphatic heterocycles. The zero-order valence-corrected chi connectivity index (χ0v) is 5.90. The van der Waals surface area contributed by atoms with Gasteiger partial charge in [0.05, 0.1) is 6.26 Å². The third-order valence-corrected chi connectivity index (χ3v) is 1.38. The minimum Gasteiger partial charge on any atom is -0.515 e. The Bertz CT molecular complexity index is 267. The van der Waals surface area contributed by atoms with Crippen molar-refractivity contribution in [3.05, 3.63) is 47.8 Å². The van der Waals surface area contributed by atoms with Gasteiger partial charge >= 0.3 is 0 Å². The summed E-state index contributed by atoms with van der Waals surface area (Å²) in [6, 6.07) is 0.